The van der Waals surface area contributed by atoms with Gasteiger partial charge in [-0.25, -0.2) is 0 Å². The second kappa shape index (κ2) is 9.94. The lowest BCUT2D eigenvalue weighted by atomic mass is 10.2. The maximum absolute atomic E-state index is 10.6. The lowest BCUT2D eigenvalue weighted by Gasteiger charge is -2.07. The van der Waals surface area contributed by atoms with Gasteiger partial charge in [0.15, 0.2) is 0 Å². The third-order valence-corrected chi connectivity index (χ3v) is 2.61. The lowest BCUT2D eigenvalue weighted by Crippen LogP contribution is -2.10. The first-order valence-electron chi connectivity index (χ1n) is 7.16. The molecule has 23 heavy (non-hydrogen) atoms. The van der Waals surface area contributed by atoms with Crippen molar-refractivity contribution in [1.82, 2.24) is 4.98 Å². The van der Waals surface area contributed by atoms with Crippen LogP contribution in [0.2, 0.25) is 0 Å². The Balaban J connectivity index is 0.000000253. The van der Waals surface area contributed by atoms with Gasteiger partial charge >= 0.3 is 0 Å². The number of rotatable bonds is 6. The fourth-order valence-electron chi connectivity index (χ4n) is 1.67. The minimum atomic E-state index is -0.442. The van der Waals surface area contributed by atoms with Gasteiger partial charge in [-0.1, -0.05) is 0 Å². The smallest absolute Gasteiger partial charge is 0.250 e. The third-order valence-electron chi connectivity index (χ3n) is 2.61. The van der Waals surface area contributed by atoms with Crippen molar-refractivity contribution in [1.29, 1.82) is 0 Å². The van der Waals surface area contributed by atoms with Gasteiger partial charge in [-0.15, -0.1) is 0 Å². The van der Waals surface area contributed by atoms with Crippen LogP contribution in [0, 0.1) is 0 Å². The number of carbonyl (C=O) groups is 2. The highest BCUT2D eigenvalue weighted by atomic mass is 16.5. The Bertz CT molecular complexity index is 605. The van der Waals surface area contributed by atoms with Crippen LogP contribution in [0.1, 0.15) is 34.6 Å². The molecule has 0 saturated heterocycles. The molecule has 0 radical (unpaired) electrons. The summed E-state index contributed by atoms with van der Waals surface area (Å²) in [5.41, 5.74) is 5.95. The summed E-state index contributed by atoms with van der Waals surface area (Å²) in [6.07, 6.45) is 3.81. The van der Waals surface area contributed by atoms with Crippen molar-refractivity contribution in [3.8, 4) is 11.5 Å². The summed E-state index contributed by atoms with van der Waals surface area (Å²) in [7, 11) is 0. The normalized spacial score (nSPS) is 9.30. The number of aldehydes is 1. The van der Waals surface area contributed by atoms with E-state index in [9.17, 15) is 9.59 Å². The number of carbonyl (C=O) groups excluding carboxylic acids is 2. The summed E-state index contributed by atoms with van der Waals surface area (Å²) in [5.74, 6) is 0.893. The van der Waals surface area contributed by atoms with E-state index in [1.807, 2.05) is 13.8 Å². The molecule has 0 unspecified atom stereocenters. The molecule has 2 aromatic rings. The van der Waals surface area contributed by atoms with E-state index in [4.69, 9.17) is 15.2 Å². The highest BCUT2D eigenvalue weighted by molar-refractivity contribution is 5.92. The molecule has 6 nitrogen and oxygen atoms in total. The molecule has 6 heteroatoms. The highest BCUT2D eigenvalue weighted by Crippen LogP contribution is 2.22. The molecule has 0 spiro atoms. The molecule has 0 bridgehead atoms. The molecule has 0 aliphatic carbocycles. The summed E-state index contributed by atoms with van der Waals surface area (Å²) in [6.45, 7) is 4.95. The molecule has 1 heterocycles. The van der Waals surface area contributed by atoms with Crippen LogP contribution in [0.4, 0.5) is 0 Å². The first kappa shape index (κ1) is 18.2. The van der Waals surface area contributed by atoms with Gasteiger partial charge in [0.05, 0.1) is 18.8 Å². The molecule has 0 saturated carbocycles. The number of primary amides is 1. The van der Waals surface area contributed by atoms with Gasteiger partial charge in [0.2, 0.25) is 5.91 Å². The number of ether oxygens (including phenoxy) is 2. The molecule has 1 aromatic carbocycles. The number of hydrogen-bond acceptors (Lipinski definition) is 5. The van der Waals surface area contributed by atoms with Crippen LogP contribution < -0.4 is 15.2 Å². The standard InChI is InChI=1S/C11H14O3.C6H6N2O/c1-3-13-10-5-9(8-12)6-11(7-10)14-4-2;7-6(9)5-2-1-3-8-4-5/h5-8H,3-4H2,1-2H3;1-4H,(H2,7,9). The lowest BCUT2D eigenvalue weighted by molar-refractivity contribution is 0.0999. The molecule has 0 fully saturated rings. The van der Waals surface area contributed by atoms with E-state index in [0.717, 1.165) is 6.29 Å². The van der Waals surface area contributed by atoms with Crippen molar-refractivity contribution in [2.75, 3.05) is 13.2 Å². The first-order valence-corrected chi connectivity index (χ1v) is 7.16. The largest absolute Gasteiger partial charge is 0.494 e. The molecule has 2 rings (SSSR count). The van der Waals surface area contributed by atoms with Crippen molar-refractivity contribution < 1.29 is 19.1 Å². The summed E-state index contributed by atoms with van der Waals surface area (Å²) in [4.78, 5) is 24.7. The molecule has 2 N–H and O–H groups in total. The highest BCUT2D eigenvalue weighted by Gasteiger charge is 2.01. The van der Waals surface area contributed by atoms with Crippen molar-refractivity contribution in [3.63, 3.8) is 0 Å². The van der Waals surface area contributed by atoms with Crippen LogP contribution in [0.15, 0.2) is 42.7 Å². The molecular weight excluding hydrogens is 296 g/mol. The van der Waals surface area contributed by atoms with Crippen molar-refractivity contribution >= 4 is 12.2 Å². The molecule has 1 amide bonds. The molecule has 0 atom stereocenters. The van der Waals surface area contributed by atoms with Gasteiger partial charge in [0, 0.05) is 24.0 Å². The maximum Gasteiger partial charge on any atom is 0.250 e. The minimum Gasteiger partial charge on any atom is -0.494 e. The van der Waals surface area contributed by atoms with E-state index in [-0.39, 0.29) is 0 Å². The predicted octanol–water partition coefficient (Wildman–Crippen LogP) is 2.48. The number of benzene rings is 1. The van der Waals surface area contributed by atoms with Gasteiger partial charge in [-0.2, -0.15) is 0 Å². The number of pyridine rings is 1. The fraction of sp³-hybridized carbons (Fsp3) is 0.235. The SMILES string of the molecule is CCOc1cc(C=O)cc(OCC)c1.NC(=O)c1cccnc1. The van der Waals surface area contributed by atoms with E-state index < -0.39 is 5.91 Å². The molecule has 0 aliphatic heterocycles. The van der Waals surface area contributed by atoms with E-state index in [1.165, 1.54) is 6.20 Å². The van der Waals surface area contributed by atoms with Crippen molar-refractivity contribution in [2.24, 2.45) is 5.73 Å². The topological polar surface area (TPSA) is 91.5 Å². The summed E-state index contributed by atoms with van der Waals surface area (Å²) < 4.78 is 10.6. The monoisotopic (exact) mass is 316 g/mol. The summed E-state index contributed by atoms with van der Waals surface area (Å²) in [6, 6.07) is 8.45. The van der Waals surface area contributed by atoms with Crippen molar-refractivity contribution in [2.45, 2.75) is 13.8 Å². The van der Waals surface area contributed by atoms with Crippen LogP contribution in [-0.4, -0.2) is 30.4 Å². The van der Waals surface area contributed by atoms with Gasteiger partial charge in [0.1, 0.15) is 17.8 Å². The van der Waals surface area contributed by atoms with E-state index in [1.54, 1.807) is 36.5 Å². The van der Waals surface area contributed by atoms with Crippen molar-refractivity contribution in [3.05, 3.63) is 53.9 Å². The van der Waals surface area contributed by atoms with Gasteiger partial charge < -0.3 is 15.2 Å². The zero-order chi connectivity index (χ0) is 17.1. The quantitative estimate of drug-likeness (QED) is 0.827. The second-order valence-electron chi connectivity index (χ2n) is 4.33. The van der Waals surface area contributed by atoms with E-state index >= 15 is 0 Å². The van der Waals surface area contributed by atoms with Gasteiger partial charge in [0.25, 0.3) is 0 Å². The zero-order valence-corrected chi connectivity index (χ0v) is 13.2. The second-order valence-corrected chi connectivity index (χ2v) is 4.33. The van der Waals surface area contributed by atoms with Gasteiger partial charge in [-0.05, 0) is 38.1 Å². The van der Waals surface area contributed by atoms with E-state index in [0.29, 0.717) is 35.8 Å². The average molecular weight is 316 g/mol. The maximum atomic E-state index is 10.6. The van der Waals surface area contributed by atoms with E-state index in [2.05, 4.69) is 4.98 Å². The molecule has 122 valence electrons. The predicted molar refractivity (Wildman–Crippen MR) is 86.9 cm³/mol. The number of nitrogens with zero attached hydrogens (tertiary/aromatic N) is 1. The zero-order valence-electron chi connectivity index (χ0n) is 13.2. The molecule has 1 aromatic heterocycles. The fourth-order valence-corrected chi connectivity index (χ4v) is 1.67. The Morgan fingerprint density at radius 2 is 1.78 bits per heavy atom. The number of amides is 1. The first-order chi connectivity index (χ1) is 11.1. The number of hydrogen-bond donors (Lipinski definition) is 1. The van der Waals surface area contributed by atoms with Crippen LogP contribution in [0.3, 0.4) is 0 Å². The van der Waals surface area contributed by atoms with Gasteiger partial charge in [-0.3, -0.25) is 14.6 Å². The minimum absolute atomic E-state index is 0.442. The summed E-state index contributed by atoms with van der Waals surface area (Å²) >= 11 is 0. The Kier molecular flexibility index (Phi) is 7.85. The molecular formula is C17H20N2O4. The Labute approximate surface area is 135 Å². The summed E-state index contributed by atoms with van der Waals surface area (Å²) in [5, 5.41) is 0. The van der Waals surface area contributed by atoms with Crippen LogP contribution in [-0.2, 0) is 0 Å². The Morgan fingerprint density at radius 3 is 2.13 bits per heavy atom. The van der Waals surface area contributed by atoms with Crippen LogP contribution in [0.25, 0.3) is 0 Å². The molecule has 0 aliphatic rings. The van der Waals surface area contributed by atoms with Crippen LogP contribution >= 0.6 is 0 Å². The third kappa shape index (κ3) is 6.60. The van der Waals surface area contributed by atoms with Crippen LogP contribution in [0.5, 0.6) is 11.5 Å². The average Bonchev–Trinajstić information content (AvgIpc) is 2.56. The number of aromatic nitrogens is 1. The number of nitrogens with two attached hydrogens (primary N) is 1. The Morgan fingerprint density at radius 1 is 1.17 bits per heavy atom. The Hall–Kier alpha value is -2.89.